The quantitative estimate of drug-likeness (QED) is 0.872. The van der Waals surface area contributed by atoms with E-state index in [9.17, 15) is 4.39 Å². The minimum Gasteiger partial charge on any atom is -0.369 e. The second-order valence-corrected chi connectivity index (χ2v) is 5.98. The molecule has 1 heterocycles. The highest BCUT2D eigenvalue weighted by Crippen LogP contribution is 2.51. The van der Waals surface area contributed by atoms with Gasteiger partial charge in [-0.25, -0.2) is 4.39 Å². The van der Waals surface area contributed by atoms with Gasteiger partial charge < -0.3 is 10.6 Å². The van der Waals surface area contributed by atoms with E-state index >= 15 is 0 Å². The first kappa shape index (κ1) is 12.0. The van der Waals surface area contributed by atoms with Crippen molar-refractivity contribution in [3.05, 3.63) is 29.6 Å². The fraction of sp³-hybridized carbons (Fsp3) is 0.600. The number of hydrogen-bond donors (Lipinski definition) is 1. The van der Waals surface area contributed by atoms with Gasteiger partial charge in [0.15, 0.2) is 0 Å². The van der Waals surface area contributed by atoms with E-state index in [0.29, 0.717) is 0 Å². The molecule has 1 atom stereocenters. The monoisotopic (exact) mass is 248 g/mol. The molecule has 1 saturated carbocycles. The van der Waals surface area contributed by atoms with Crippen molar-refractivity contribution in [3.63, 3.8) is 0 Å². The first-order valence-corrected chi connectivity index (χ1v) is 6.92. The Morgan fingerprint density at radius 2 is 2.11 bits per heavy atom. The van der Waals surface area contributed by atoms with Gasteiger partial charge in [-0.3, -0.25) is 0 Å². The molecule has 1 spiro atoms. The molecule has 2 nitrogen and oxygen atoms in total. The molecule has 1 aliphatic carbocycles. The van der Waals surface area contributed by atoms with Crippen LogP contribution in [0.25, 0.3) is 0 Å². The molecule has 0 aromatic heterocycles. The Bertz CT molecular complexity index is 450. The zero-order valence-corrected chi connectivity index (χ0v) is 11.0. The zero-order chi connectivity index (χ0) is 12.8. The van der Waals surface area contributed by atoms with Crippen LogP contribution in [0.2, 0.25) is 0 Å². The lowest BCUT2D eigenvalue weighted by Crippen LogP contribution is -2.38. The average Bonchev–Trinajstić information content (AvgIpc) is 2.87. The molecule has 98 valence electrons. The average molecular weight is 248 g/mol. The van der Waals surface area contributed by atoms with Crippen molar-refractivity contribution in [2.45, 2.75) is 44.1 Å². The zero-order valence-electron chi connectivity index (χ0n) is 11.0. The summed E-state index contributed by atoms with van der Waals surface area (Å²) in [6.45, 7) is 3.78. The van der Waals surface area contributed by atoms with E-state index in [4.69, 9.17) is 5.73 Å². The molecule has 0 unspecified atom stereocenters. The number of fused-ring (bicyclic) bond motifs is 2. The van der Waals surface area contributed by atoms with E-state index in [2.05, 4.69) is 4.90 Å². The van der Waals surface area contributed by atoms with Crippen LogP contribution in [0.4, 0.5) is 10.1 Å². The molecule has 0 bridgehead atoms. The van der Waals surface area contributed by atoms with Crippen molar-refractivity contribution >= 4 is 5.69 Å². The molecular weight excluding hydrogens is 227 g/mol. The fourth-order valence-corrected chi connectivity index (χ4v) is 3.80. The molecule has 0 amide bonds. The predicted octanol–water partition coefficient (Wildman–Crippen LogP) is 2.80. The van der Waals surface area contributed by atoms with Crippen molar-refractivity contribution in [2.75, 3.05) is 18.0 Å². The molecule has 0 saturated heterocycles. The van der Waals surface area contributed by atoms with E-state index in [-0.39, 0.29) is 17.3 Å². The minimum absolute atomic E-state index is 0.0263. The Labute approximate surface area is 108 Å². The number of hydrogen-bond acceptors (Lipinski definition) is 2. The number of benzene rings is 1. The second-order valence-electron chi connectivity index (χ2n) is 5.98. The fourth-order valence-electron chi connectivity index (χ4n) is 3.80. The molecule has 1 aromatic rings. The predicted molar refractivity (Wildman–Crippen MR) is 72.4 cm³/mol. The first-order chi connectivity index (χ1) is 8.62. The highest BCUT2D eigenvalue weighted by molar-refractivity contribution is 5.63. The molecule has 3 heteroatoms. The van der Waals surface area contributed by atoms with Crippen LogP contribution < -0.4 is 10.6 Å². The van der Waals surface area contributed by atoms with Gasteiger partial charge in [0, 0.05) is 35.8 Å². The standard InChI is InChI=1S/C15H21FN2/c1-11(17)9-18-10-15(7-2-3-8-15)14-12(16)5-4-6-13(14)18/h4-6,11H,2-3,7-10,17H2,1H3/t11-/m1/s1. The summed E-state index contributed by atoms with van der Waals surface area (Å²) in [4.78, 5) is 2.29. The summed E-state index contributed by atoms with van der Waals surface area (Å²) in [5.41, 5.74) is 8.02. The third-order valence-corrected chi connectivity index (χ3v) is 4.43. The number of nitrogens with zero attached hydrogens (tertiary/aromatic N) is 1. The highest BCUT2D eigenvalue weighted by Gasteiger charge is 2.46. The maximum Gasteiger partial charge on any atom is 0.129 e. The normalized spacial score (nSPS) is 22.5. The SMILES string of the molecule is C[C@@H](N)CN1CC2(CCCC2)c2c(F)cccc21. The van der Waals surface area contributed by atoms with E-state index in [1.807, 2.05) is 19.1 Å². The lowest BCUT2D eigenvalue weighted by Gasteiger charge is -2.26. The van der Waals surface area contributed by atoms with Crippen LogP contribution in [0, 0.1) is 5.82 Å². The van der Waals surface area contributed by atoms with Gasteiger partial charge in [0.1, 0.15) is 5.82 Å². The van der Waals surface area contributed by atoms with Gasteiger partial charge in [0.25, 0.3) is 0 Å². The van der Waals surface area contributed by atoms with Gasteiger partial charge in [0.05, 0.1) is 0 Å². The summed E-state index contributed by atoms with van der Waals surface area (Å²) in [6, 6.07) is 5.59. The number of rotatable bonds is 2. The van der Waals surface area contributed by atoms with Crippen molar-refractivity contribution in [1.82, 2.24) is 0 Å². The Morgan fingerprint density at radius 3 is 2.78 bits per heavy atom. The van der Waals surface area contributed by atoms with Gasteiger partial charge in [-0.05, 0) is 31.9 Å². The van der Waals surface area contributed by atoms with Gasteiger partial charge in [0.2, 0.25) is 0 Å². The van der Waals surface area contributed by atoms with Gasteiger partial charge in [-0.2, -0.15) is 0 Å². The molecule has 1 aliphatic heterocycles. The van der Waals surface area contributed by atoms with Crippen molar-refractivity contribution in [2.24, 2.45) is 5.73 Å². The molecule has 2 aliphatic rings. The summed E-state index contributed by atoms with van der Waals surface area (Å²) in [7, 11) is 0. The van der Waals surface area contributed by atoms with Crippen LogP contribution in [0.15, 0.2) is 18.2 Å². The van der Waals surface area contributed by atoms with E-state index < -0.39 is 0 Å². The first-order valence-electron chi connectivity index (χ1n) is 6.92. The third-order valence-electron chi connectivity index (χ3n) is 4.43. The van der Waals surface area contributed by atoms with Gasteiger partial charge in [-0.1, -0.05) is 18.9 Å². The lowest BCUT2D eigenvalue weighted by molar-refractivity contribution is 0.441. The highest BCUT2D eigenvalue weighted by atomic mass is 19.1. The maximum atomic E-state index is 14.2. The molecule has 3 rings (SSSR count). The summed E-state index contributed by atoms with van der Waals surface area (Å²) in [6.07, 6.45) is 4.69. The van der Waals surface area contributed by atoms with Crippen LogP contribution in [0.3, 0.4) is 0 Å². The largest absolute Gasteiger partial charge is 0.369 e. The Kier molecular flexibility index (Phi) is 2.81. The van der Waals surface area contributed by atoms with E-state index in [1.54, 1.807) is 6.07 Å². The topological polar surface area (TPSA) is 29.3 Å². The summed E-state index contributed by atoms with van der Waals surface area (Å²) in [5, 5.41) is 0. The van der Waals surface area contributed by atoms with E-state index in [1.165, 1.54) is 12.8 Å². The maximum absolute atomic E-state index is 14.2. The molecule has 1 aromatic carbocycles. The van der Waals surface area contributed by atoms with Crippen molar-refractivity contribution in [3.8, 4) is 0 Å². The number of anilines is 1. The molecular formula is C15H21FN2. The second kappa shape index (κ2) is 4.23. The number of halogens is 1. The Morgan fingerprint density at radius 1 is 1.39 bits per heavy atom. The third kappa shape index (κ3) is 1.72. The van der Waals surface area contributed by atoms with Crippen LogP contribution in [-0.4, -0.2) is 19.1 Å². The Balaban J connectivity index is 2.04. The molecule has 1 fully saturated rings. The summed E-state index contributed by atoms with van der Waals surface area (Å²) < 4.78 is 14.2. The molecule has 0 radical (unpaired) electrons. The van der Waals surface area contributed by atoms with Crippen molar-refractivity contribution in [1.29, 1.82) is 0 Å². The molecule has 2 N–H and O–H groups in total. The van der Waals surface area contributed by atoms with Crippen LogP contribution >= 0.6 is 0 Å². The van der Waals surface area contributed by atoms with Crippen LogP contribution in [0.1, 0.15) is 38.2 Å². The van der Waals surface area contributed by atoms with Gasteiger partial charge in [-0.15, -0.1) is 0 Å². The lowest BCUT2D eigenvalue weighted by atomic mass is 9.80. The smallest absolute Gasteiger partial charge is 0.129 e. The summed E-state index contributed by atoms with van der Waals surface area (Å²) >= 11 is 0. The van der Waals surface area contributed by atoms with E-state index in [0.717, 1.165) is 37.2 Å². The van der Waals surface area contributed by atoms with Crippen molar-refractivity contribution < 1.29 is 4.39 Å². The van der Waals surface area contributed by atoms with Crippen LogP contribution in [0.5, 0.6) is 0 Å². The minimum atomic E-state index is -0.0263. The number of nitrogens with two attached hydrogens (primary N) is 1. The Hall–Kier alpha value is -1.09. The van der Waals surface area contributed by atoms with Crippen LogP contribution in [-0.2, 0) is 5.41 Å². The summed E-state index contributed by atoms with van der Waals surface area (Å²) in [5.74, 6) is -0.0263. The van der Waals surface area contributed by atoms with Gasteiger partial charge >= 0.3 is 0 Å². The molecule has 18 heavy (non-hydrogen) atoms.